The van der Waals surface area contributed by atoms with Gasteiger partial charge in [-0.25, -0.2) is 0 Å². The summed E-state index contributed by atoms with van der Waals surface area (Å²) in [6.45, 7) is 5.79. The van der Waals surface area contributed by atoms with Crippen LogP contribution in [0.2, 0.25) is 0 Å². The van der Waals surface area contributed by atoms with E-state index in [9.17, 15) is 9.59 Å². The third-order valence-corrected chi connectivity index (χ3v) is 7.80. The van der Waals surface area contributed by atoms with E-state index < -0.39 is 0 Å². The maximum Gasteiger partial charge on any atom is 0.224 e. The van der Waals surface area contributed by atoms with Gasteiger partial charge in [-0.3, -0.25) is 9.59 Å². The first-order valence-corrected chi connectivity index (χ1v) is 13.5. The molecule has 1 amide bonds. The number of fused-ring (bicyclic) bond motifs is 1. The largest absolute Gasteiger partial charge is 0.384 e. The standard InChI is InChI=1S/C34H35NO3/c1-23-4-6-26(7-5-23)29-12-13-32-31(20-29)21-30(24(2)36)22-33(32)28-10-8-25(9-11-28)27-14-17-35(18-15-27)34(37)16-19-38-3/h4-13,20-22,27H,14-19H2,1-3H3. The van der Waals surface area contributed by atoms with Crippen LogP contribution in [0.5, 0.6) is 0 Å². The SMILES string of the molecule is COCCC(=O)N1CCC(c2ccc(-c3cc(C(C)=O)cc4cc(-c5ccc(C)cc5)ccc34)cc2)CC1. The van der Waals surface area contributed by atoms with Gasteiger partial charge in [0.1, 0.15) is 0 Å². The van der Waals surface area contributed by atoms with Gasteiger partial charge in [0, 0.05) is 25.8 Å². The van der Waals surface area contributed by atoms with E-state index >= 15 is 0 Å². The molecule has 194 valence electrons. The number of hydrogen-bond donors (Lipinski definition) is 0. The zero-order valence-corrected chi connectivity index (χ0v) is 22.5. The Morgan fingerprint density at radius 3 is 2.16 bits per heavy atom. The fourth-order valence-corrected chi connectivity index (χ4v) is 5.48. The first-order valence-electron chi connectivity index (χ1n) is 13.5. The molecule has 0 atom stereocenters. The van der Waals surface area contributed by atoms with Crippen LogP contribution >= 0.6 is 0 Å². The van der Waals surface area contributed by atoms with Gasteiger partial charge >= 0.3 is 0 Å². The van der Waals surface area contributed by atoms with E-state index in [-0.39, 0.29) is 11.7 Å². The van der Waals surface area contributed by atoms with Gasteiger partial charge in [-0.05, 0) is 89.4 Å². The topological polar surface area (TPSA) is 46.6 Å². The smallest absolute Gasteiger partial charge is 0.224 e. The molecule has 1 saturated heterocycles. The molecular weight excluding hydrogens is 470 g/mol. The second-order valence-electron chi connectivity index (χ2n) is 10.4. The van der Waals surface area contributed by atoms with E-state index in [1.54, 1.807) is 14.0 Å². The summed E-state index contributed by atoms with van der Waals surface area (Å²) in [5.41, 5.74) is 7.77. The molecule has 38 heavy (non-hydrogen) atoms. The average Bonchev–Trinajstić information content (AvgIpc) is 2.95. The molecule has 0 radical (unpaired) electrons. The van der Waals surface area contributed by atoms with Crippen molar-refractivity contribution in [3.05, 3.63) is 95.6 Å². The van der Waals surface area contributed by atoms with Gasteiger partial charge in [0.05, 0.1) is 13.0 Å². The van der Waals surface area contributed by atoms with Crippen molar-refractivity contribution in [1.82, 2.24) is 4.90 Å². The van der Waals surface area contributed by atoms with Gasteiger partial charge < -0.3 is 9.64 Å². The van der Waals surface area contributed by atoms with Crippen molar-refractivity contribution in [2.24, 2.45) is 0 Å². The van der Waals surface area contributed by atoms with Crippen LogP contribution in [-0.2, 0) is 9.53 Å². The van der Waals surface area contributed by atoms with Crippen LogP contribution < -0.4 is 0 Å². The molecule has 4 aromatic rings. The molecule has 4 aromatic carbocycles. The number of Topliss-reactive ketones (excluding diaryl/α,β-unsaturated/α-hetero) is 1. The molecule has 1 aliphatic heterocycles. The van der Waals surface area contributed by atoms with Crippen LogP contribution in [-0.4, -0.2) is 43.4 Å². The third-order valence-electron chi connectivity index (χ3n) is 7.80. The van der Waals surface area contributed by atoms with E-state index in [0.29, 0.717) is 18.9 Å². The minimum atomic E-state index is 0.0670. The van der Waals surface area contributed by atoms with E-state index in [1.165, 1.54) is 16.7 Å². The van der Waals surface area contributed by atoms with Gasteiger partial charge in [-0.2, -0.15) is 0 Å². The molecule has 0 bridgehead atoms. The number of hydrogen-bond acceptors (Lipinski definition) is 3. The van der Waals surface area contributed by atoms with Crippen molar-refractivity contribution in [3.8, 4) is 22.3 Å². The summed E-state index contributed by atoms with van der Waals surface area (Å²) in [4.78, 5) is 26.7. The summed E-state index contributed by atoms with van der Waals surface area (Å²) in [5, 5.41) is 2.21. The summed E-state index contributed by atoms with van der Waals surface area (Å²) < 4.78 is 5.05. The molecule has 0 saturated carbocycles. The zero-order chi connectivity index (χ0) is 26.6. The predicted octanol–water partition coefficient (Wildman–Crippen LogP) is 7.43. The van der Waals surface area contributed by atoms with Crippen molar-refractivity contribution < 1.29 is 14.3 Å². The molecule has 0 aromatic heterocycles. The van der Waals surface area contributed by atoms with Gasteiger partial charge in [0.25, 0.3) is 0 Å². The Labute approximate surface area is 225 Å². The maximum absolute atomic E-state index is 12.4. The number of ether oxygens (including phenoxy) is 1. The Morgan fingerprint density at radius 2 is 1.50 bits per heavy atom. The second kappa shape index (κ2) is 11.3. The van der Waals surface area contributed by atoms with Crippen molar-refractivity contribution in [3.63, 3.8) is 0 Å². The van der Waals surface area contributed by atoms with E-state index in [4.69, 9.17) is 4.74 Å². The molecule has 0 spiro atoms. The molecule has 4 nitrogen and oxygen atoms in total. The van der Waals surface area contributed by atoms with Crippen LogP contribution in [0.3, 0.4) is 0 Å². The Bertz CT molecular complexity index is 1450. The first-order chi connectivity index (χ1) is 18.4. The van der Waals surface area contributed by atoms with Crippen LogP contribution in [0.1, 0.15) is 53.6 Å². The van der Waals surface area contributed by atoms with Gasteiger partial charge in [0.15, 0.2) is 5.78 Å². The fourth-order valence-electron chi connectivity index (χ4n) is 5.48. The lowest BCUT2D eigenvalue weighted by Gasteiger charge is -2.32. The molecule has 1 aliphatic rings. The summed E-state index contributed by atoms with van der Waals surface area (Å²) in [6, 6.07) is 27.9. The monoisotopic (exact) mass is 505 g/mol. The Balaban J connectivity index is 1.40. The number of carbonyl (C=O) groups is 2. The number of rotatable bonds is 7. The number of benzene rings is 4. The van der Waals surface area contributed by atoms with Crippen LogP contribution in [0.15, 0.2) is 78.9 Å². The van der Waals surface area contributed by atoms with Crippen LogP contribution in [0, 0.1) is 6.92 Å². The second-order valence-corrected chi connectivity index (χ2v) is 10.4. The Hall–Kier alpha value is -3.76. The molecule has 1 fully saturated rings. The van der Waals surface area contributed by atoms with E-state index in [2.05, 4.69) is 73.7 Å². The Morgan fingerprint density at radius 1 is 0.842 bits per heavy atom. The summed E-state index contributed by atoms with van der Waals surface area (Å²) >= 11 is 0. The van der Waals surface area contributed by atoms with Crippen molar-refractivity contribution in [2.75, 3.05) is 26.8 Å². The highest BCUT2D eigenvalue weighted by atomic mass is 16.5. The van der Waals surface area contributed by atoms with Crippen LogP contribution in [0.4, 0.5) is 0 Å². The number of piperidine rings is 1. The molecular formula is C34H35NO3. The number of ketones is 1. The van der Waals surface area contributed by atoms with Crippen LogP contribution in [0.25, 0.3) is 33.0 Å². The maximum atomic E-state index is 12.4. The minimum absolute atomic E-state index is 0.0670. The zero-order valence-electron chi connectivity index (χ0n) is 22.5. The summed E-state index contributed by atoms with van der Waals surface area (Å²) in [5.74, 6) is 0.702. The van der Waals surface area contributed by atoms with Gasteiger partial charge in [-0.15, -0.1) is 0 Å². The molecule has 0 unspecified atom stereocenters. The van der Waals surface area contributed by atoms with E-state index in [0.717, 1.165) is 59.0 Å². The fraction of sp³-hybridized carbons (Fsp3) is 0.294. The number of nitrogens with zero attached hydrogens (tertiary/aromatic N) is 1. The highest BCUT2D eigenvalue weighted by Gasteiger charge is 2.23. The number of aryl methyl sites for hydroxylation is 1. The molecule has 1 heterocycles. The lowest BCUT2D eigenvalue weighted by atomic mass is 9.87. The van der Waals surface area contributed by atoms with Gasteiger partial charge in [0.2, 0.25) is 5.91 Å². The third kappa shape index (κ3) is 5.56. The molecule has 4 heteroatoms. The molecule has 5 rings (SSSR count). The van der Waals surface area contributed by atoms with E-state index in [1.807, 2.05) is 17.0 Å². The Kier molecular flexibility index (Phi) is 7.71. The molecule has 0 N–H and O–H groups in total. The normalized spacial score (nSPS) is 14.1. The van der Waals surface area contributed by atoms with Crippen molar-refractivity contribution in [2.45, 2.75) is 39.0 Å². The lowest BCUT2D eigenvalue weighted by molar-refractivity contribution is -0.133. The number of carbonyl (C=O) groups excluding carboxylic acids is 2. The first kappa shape index (κ1) is 25.9. The predicted molar refractivity (Wildman–Crippen MR) is 155 cm³/mol. The number of likely N-dealkylation sites (tertiary alicyclic amines) is 1. The lowest BCUT2D eigenvalue weighted by Crippen LogP contribution is -2.38. The summed E-state index contributed by atoms with van der Waals surface area (Å²) in [7, 11) is 1.63. The van der Waals surface area contributed by atoms with Gasteiger partial charge in [-0.1, -0.05) is 66.2 Å². The summed E-state index contributed by atoms with van der Waals surface area (Å²) in [6.07, 6.45) is 2.40. The highest BCUT2D eigenvalue weighted by Crippen LogP contribution is 2.35. The molecule has 0 aliphatic carbocycles. The average molecular weight is 506 g/mol. The quantitative estimate of drug-likeness (QED) is 0.245. The van der Waals surface area contributed by atoms with Crippen molar-refractivity contribution in [1.29, 1.82) is 0 Å². The minimum Gasteiger partial charge on any atom is -0.384 e. The highest BCUT2D eigenvalue weighted by molar-refractivity contribution is 6.05. The number of methoxy groups -OCH3 is 1. The van der Waals surface area contributed by atoms with Crippen molar-refractivity contribution >= 4 is 22.5 Å². The number of amides is 1.